The highest BCUT2D eigenvalue weighted by Gasteiger charge is 2.12. The molecule has 3 heteroatoms. The van der Waals surface area contributed by atoms with Crippen LogP contribution in [0, 0.1) is 0 Å². The summed E-state index contributed by atoms with van der Waals surface area (Å²) in [4.78, 5) is 4.51. The van der Waals surface area contributed by atoms with Crippen LogP contribution in [-0.2, 0) is 6.54 Å². The molecule has 0 aliphatic rings. The van der Waals surface area contributed by atoms with Gasteiger partial charge in [0.05, 0.1) is 16.4 Å². The van der Waals surface area contributed by atoms with Crippen molar-refractivity contribution >= 4 is 22.6 Å². The van der Waals surface area contributed by atoms with Gasteiger partial charge in [-0.25, -0.2) is 4.98 Å². The van der Waals surface area contributed by atoms with Crippen molar-refractivity contribution in [1.82, 2.24) is 9.55 Å². The Hall–Kier alpha value is -1.02. The standard InChI is InChI=1S/C11H13ClN2/c1-3-14-10-7-5-4-6-9(10)13-11(14)8(2)12/h4-8H,3H2,1-2H3/t8-/m0/s1. The third-order valence-corrected chi connectivity index (χ3v) is 2.55. The van der Waals surface area contributed by atoms with Crippen LogP contribution in [0.15, 0.2) is 24.3 Å². The van der Waals surface area contributed by atoms with Crippen molar-refractivity contribution in [2.45, 2.75) is 25.8 Å². The molecule has 2 nitrogen and oxygen atoms in total. The Morgan fingerprint density at radius 3 is 2.79 bits per heavy atom. The molecule has 0 bridgehead atoms. The summed E-state index contributed by atoms with van der Waals surface area (Å²) in [5.74, 6) is 0.954. The first-order chi connectivity index (χ1) is 6.74. The van der Waals surface area contributed by atoms with Crippen molar-refractivity contribution in [3.05, 3.63) is 30.1 Å². The van der Waals surface area contributed by atoms with Crippen LogP contribution in [-0.4, -0.2) is 9.55 Å². The Morgan fingerprint density at radius 2 is 2.14 bits per heavy atom. The van der Waals surface area contributed by atoms with E-state index in [0.29, 0.717) is 0 Å². The van der Waals surface area contributed by atoms with Crippen LogP contribution in [0.4, 0.5) is 0 Å². The zero-order chi connectivity index (χ0) is 10.1. The minimum atomic E-state index is -0.0395. The highest BCUT2D eigenvalue weighted by atomic mass is 35.5. The minimum absolute atomic E-state index is 0.0395. The summed E-state index contributed by atoms with van der Waals surface area (Å²) >= 11 is 6.08. The van der Waals surface area contributed by atoms with E-state index < -0.39 is 0 Å². The Balaban J connectivity index is 2.72. The average Bonchev–Trinajstić information content (AvgIpc) is 2.56. The van der Waals surface area contributed by atoms with Crippen molar-refractivity contribution < 1.29 is 0 Å². The van der Waals surface area contributed by atoms with Gasteiger partial charge in [-0.3, -0.25) is 0 Å². The first-order valence-corrected chi connectivity index (χ1v) is 5.27. The highest BCUT2D eigenvalue weighted by Crippen LogP contribution is 2.23. The van der Waals surface area contributed by atoms with E-state index in [4.69, 9.17) is 11.6 Å². The number of nitrogens with zero attached hydrogens (tertiary/aromatic N) is 2. The molecule has 0 amide bonds. The first-order valence-electron chi connectivity index (χ1n) is 4.83. The second kappa shape index (κ2) is 3.62. The molecule has 0 aliphatic heterocycles. The van der Waals surface area contributed by atoms with Gasteiger partial charge in [0, 0.05) is 6.54 Å². The van der Waals surface area contributed by atoms with E-state index in [-0.39, 0.29) is 5.38 Å². The molecule has 1 atom stereocenters. The van der Waals surface area contributed by atoms with Gasteiger partial charge in [-0.1, -0.05) is 12.1 Å². The van der Waals surface area contributed by atoms with E-state index in [0.717, 1.165) is 23.4 Å². The minimum Gasteiger partial charge on any atom is -0.327 e. The summed E-state index contributed by atoms with van der Waals surface area (Å²) in [5.41, 5.74) is 2.19. The number of aryl methyl sites for hydroxylation is 1. The Kier molecular flexibility index (Phi) is 2.46. The molecular formula is C11H13ClN2. The van der Waals surface area contributed by atoms with Gasteiger partial charge in [0.15, 0.2) is 0 Å². The highest BCUT2D eigenvalue weighted by molar-refractivity contribution is 6.20. The van der Waals surface area contributed by atoms with Crippen molar-refractivity contribution in [3.63, 3.8) is 0 Å². The lowest BCUT2D eigenvalue weighted by atomic mass is 10.3. The lowest BCUT2D eigenvalue weighted by Gasteiger charge is -2.06. The van der Waals surface area contributed by atoms with Crippen molar-refractivity contribution in [1.29, 1.82) is 0 Å². The number of rotatable bonds is 2. The maximum Gasteiger partial charge on any atom is 0.127 e. The van der Waals surface area contributed by atoms with Crippen LogP contribution < -0.4 is 0 Å². The molecule has 1 aromatic heterocycles. The number of fused-ring (bicyclic) bond motifs is 1. The molecule has 0 saturated heterocycles. The van der Waals surface area contributed by atoms with Crippen molar-refractivity contribution in [3.8, 4) is 0 Å². The van der Waals surface area contributed by atoms with E-state index in [1.54, 1.807) is 0 Å². The molecule has 14 heavy (non-hydrogen) atoms. The predicted octanol–water partition coefficient (Wildman–Crippen LogP) is 3.36. The number of hydrogen-bond donors (Lipinski definition) is 0. The molecule has 2 rings (SSSR count). The van der Waals surface area contributed by atoms with Gasteiger partial charge in [-0.2, -0.15) is 0 Å². The smallest absolute Gasteiger partial charge is 0.127 e. The molecule has 1 aromatic carbocycles. The predicted molar refractivity (Wildman–Crippen MR) is 59.7 cm³/mol. The molecule has 2 aromatic rings. The maximum atomic E-state index is 6.08. The number of para-hydroxylation sites is 2. The molecule has 0 aliphatic carbocycles. The van der Waals surface area contributed by atoms with Gasteiger partial charge < -0.3 is 4.57 Å². The summed E-state index contributed by atoms with van der Waals surface area (Å²) in [6, 6.07) is 8.12. The largest absolute Gasteiger partial charge is 0.327 e. The van der Waals surface area contributed by atoms with Crippen molar-refractivity contribution in [2.75, 3.05) is 0 Å². The zero-order valence-electron chi connectivity index (χ0n) is 8.37. The van der Waals surface area contributed by atoms with Crippen LogP contribution in [0.2, 0.25) is 0 Å². The van der Waals surface area contributed by atoms with Crippen LogP contribution in [0.25, 0.3) is 11.0 Å². The van der Waals surface area contributed by atoms with Crippen LogP contribution >= 0.6 is 11.6 Å². The molecule has 0 radical (unpaired) electrons. The fourth-order valence-corrected chi connectivity index (χ4v) is 1.90. The van der Waals surface area contributed by atoms with Gasteiger partial charge in [-0.05, 0) is 26.0 Å². The SMILES string of the molecule is CCn1c([C@H](C)Cl)nc2ccccc21. The summed E-state index contributed by atoms with van der Waals surface area (Å²) in [6.07, 6.45) is 0. The molecule has 0 saturated carbocycles. The fraction of sp³-hybridized carbons (Fsp3) is 0.364. The summed E-state index contributed by atoms with van der Waals surface area (Å²) in [7, 11) is 0. The third-order valence-electron chi connectivity index (χ3n) is 2.36. The Bertz CT molecular complexity index is 445. The van der Waals surface area contributed by atoms with Gasteiger partial charge in [0.1, 0.15) is 5.82 Å². The quantitative estimate of drug-likeness (QED) is 0.692. The van der Waals surface area contributed by atoms with Gasteiger partial charge in [-0.15, -0.1) is 11.6 Å². The van der Waals surface area contributed by atoms with Crippen LogP contribution in [0.5, 0.6) is 0 Å². The maximum absolute atomic E-state index is 6.08. The molecule has 74 valence electrons. The normalized spacial score (nSPS) is 13.4. The zero-order valence-corrected chi connectivity index (χ0v) is 9.12. The van der Waals surface area contributed by atoms with E-state index in [2.05, 4.69) is 22.5 Å². The number of benzene rings is 1. The number of halogens is 1. The van der Waals surface area contributed by atoms with Crippen LogP contribution in [0.3, 0.4) is 0 Å². The fourth-order valence-electron chi connectivity index (χ4n) is 1.73. The monoisotopic (exact) mass is 208 g/mol. The van der Waals surface area contributed by atoms with E-state index in [1.807, 2.05) is 25.1 Å². The Morgan fingerprint density at radius 1 is 1.43 bits per heavy atom. The van der Waals surface area contributed by atoms with E-state index in [9.17, 15) is 0 Å². The summed E-state index contributed by atoms with van der Waals surface area (Å²) < 4.78 is 2.16. The molecule has 0 spiro atoms. The number of aromatic nitrogens is 2. The number of hydrogen-bond acceptors (Lipinski definition) is 1. The molecular weight excluding hydrogens is 196 g/mol. The van der Waals surface area contributed by atoms with E-state index >= 15 is 0 Å². The lowest BCUT2D eigenvalue weighted by Crippen LogP contribution is -2.01. The summed E-state index contributed by atoms with van der Waals surface area (Å²) in [6.45, 7) is 4.97. The second-order valence-electron chi connectivity index (χ2n) is 3.32. The lowest BCUT2D eigenvalue weighted by molar-refractivity contribution is 0.717. The topological polar surface area (TPSA) is 17.8 Å². The average molecular weight is 209 g/mol. The Labute approximate surface area is 88.5 Å². The second-order valence-corrected chi connectivity index (χ2v) is 3.97. The summed E-state index contributed by atoms with van der Waals surface area (Å²) in [5, 5.41) is -0.0395. The number of alkyl halides is 1. The molecule has 0 unspecified atom stereocenters. The molecule has 0 N–H and O–H groups in total. The van der Waals surface area contributed by atoms with E-state index in [1.165, 1.54) is 0 Å². The third kappa shape index (κ3) is 1.40. The first kappa shape index (κ1) is 9.53. The van der Waals surface area contributed by atoms with Crippen molar-refractivity contribution in [2.24, 2.45) is 0 Å². The van der Waals surface area contributed by atoms with Gasteiger partial charge in [0.25, 0.3) is 0 Å². The number of imidazole rings is 1. The van der Waals surface area contributed by atoms with Crippen LogP contribution in [0.1, 0.15) is 25.0 Å². The van der Waals surface area contributed by atoms with Gasteiger partial charge >= 0.3 is 0 Å². The molecule has 0 fully saturated rings. The van der Waals surface area contributed by atoms with Gasteiger partial charge in [0.2, 0.25) is 0 Å². The molecule has 1 heterocycles.